The lowest BCUT2D eigenvalue weighted by atomic mass is 9.90. The van der Waals surface area contributed by atoms with Gasteiger partial charge in [-0.05, 0) is 79.7 Å². The third kappa shape index (κ3) is 15.2. The molecule has 0 spiro atoms. The predicted molar refractivity (Wildman–Crippen MR) is 297 cm³/mol. The quantitative estimate of drug-likeness (QED) is 0.00971. The molecule has 0 bridgehead atoms. The molecule has 0 saturated heterocycles. The van der Waals surface area contributed by atoms with Crippen LogP contribution in [0.15, 0.2) is 108 Å². The van der Waals surface area contributed by atoms with Crippen LogP contribution < -0.4 is 27.0 Å². The van der Waals surface area contributed by atoms with Crippen LogP contribution in [0.25, 0.3) is 11.3 Å². The van der Waals surface area contributed by atoms with E-state index in [9.17, 15) is 24.8 Å². The average molecular weight is 1040 g/mol. The Bertz CT molecular complexity index is 3100. The third-order valence-electron chi connectivity index (χ3n) is 13.1. The number of nitrogens with zero attached hydrogens (tertiary/aromatic N) is 9. The Hall–Kier alpha value is -7.84. The molecular formula is C56H72N14O6. The van der Waals surface area contributed by atoms with E-state index in [0.29, 0.717) is 80.7 Å². The zero-order chi connectivity index (χ0) is 54.1. The van der Waals surface area contributed by atoms with Crippen molar-refractivity contribution in [2.24, 2.45) is 5.92 Å². The molecular weight excluding hydrogens is 965 g/mol. The summed E-state index contributed by atoms with van der Waals surface area (Å²) in [5.74, 6) is 2.25. The van der Waals surface area contributed by atoms with Crippen molar-refractivity contribution in [3.63, 3.8) is 0 Å². The van der Waals surface area contributed by atoms with Crippen molar-refractivity contribution in [1.82, 2.24) is 39.2 Å². The summed E-state index contributed by atoms with van der Waals surface area (Å²) in [7, 11) is 0. The largest absolute Gasteiger partial charge is 0.399 e. The fraction of sp³-hybridized carbons (Fsp3) is 0.429. The van der Waals surface area contributed by atoms with E-state index in [-0.39, 0.29) is 54.6 Å². The molecule has 0 radical (unpaired) electrons. The average Bonchev–Trinajstić information content (AvgIpc) is 4.06. The van der Waals surface area contributed by atoms with Crippen molar-refractivity contribution >= 4 is 52.3 Å². The first-order valence-electron chi connectivity index (χ1n) is 26.3. The maximum absolute atomic E-state index is 12.9. The number of fused-ring (bicyclic) bond motifs is 2. The number of aliphatic hydroxyl groups excluding tert-OH is 1. The van der Waals surface area contributed by atoms with Gasteiger partial charge in [0.2, 0.25) is 29.5 Å². The Morgan fingerprint density at radius 3 is 2.24 bits per heavy atom. The van der Waals surface area contributed by atoms with E-state index >= 15 is 0 Å². The summed E-state index contributed by atoms with van der Waals surface area (Å²) in [6.07, 6.45) is 17.5. The summed E-state index contributed by atoms with van der Waals surface area (Å²) in [6.45, 7) is 15.7. The van der Waals surface area contributed by atoms with Crippen molar-refractivity contribution in [2.45, 2.75) is 117 Å². The molecule has 2 atom stereocenters. The molecule has 2 aliphatic carbocycles. The zero-order valence-electron chi connectivity index (χ0n) is 44.5. The minimum atomic E-state index is -0.485. The monoisotopic (exact) mass is 1040 g/mol. The van der Waals surface area contributed by atoms with Gasteiger partial charge in [-0.3, -0.25) is 19.7 Å². The number of hydrogen-bond acceptors (Lipinski definition) is 17. The van der Waals surface area contributed by atoms with Gasteiger partial charge in [0.05, 0.1) is 23.7 Å². The van der Waals surface area contributed by atoms with E-state index in [1.807, 2.05) is 43.6 Å². The molecule has 0 amide bonds. The molecule has 7 N–H and O–H groups in total. The Balaban J connectivity index is 0.000000221. The van der Waals surface area contributed by atoms with E-state index in [4.69, 9.17) is 25.4 Å². The lowest BCUT2D eigenvalue weighted by Gasteiger charge is -2.18. The molecule has 4 heterocycles. The molecule has 2 aliphatic rings. The first kappa shape index (κ1) is 55.9. The molecule has 4 aromatic heterocycles. The van der Waals surface area contributed by atoms with Gasteiger partial charge in [0.25, 0.3) is 0 Å². The van der Waals surface area contributed by atoms with Crippen molar-refractivity contribution in [3.8, 4) is 0 Å². The number of nitrogens with one attached hydrogen (secondary N) is 4. The second-order valence-electron chi connectivity index (χ2n) is 19.6. The molecule has 6 aromatic rings. The second kappa shape index (κ2) is 27.1. The van der Waals surface area contributed by atoms with Gasteiger partial charge in [0, 0.05) is 92.7 Å². The number of benzene rings is 2. The van der Waals surface area contributed by atoms with Crippen LogP contribution in [0.3, 0.4) is 0 Å². The number of rotatable bonds is 26. The molecule has 0 fully saturated rings. The number of ketones is 2. The van der Waals surface area contributed by atoms with Gasteiger partial charge in [-0.1, -0.05) is 101 Å². The van der Waals surface area contributed by atoms with Gasteiger partial charge in [0.1, 0.15) is 5.78 Å². The lowest BCUT2D eigenvalue weighted by Crippen LogP contribution is -2.22. The molecule has 76 heavy (non-hydrogen) atoms. The first-order valence-corrected chi connectivity index (χ1v) is 26.3. The van der Waals surface area contributed by atoms with Gasteiger partial charge < -0.3 is 36.8 Å². The molecule has 0 saturated carbocycles. The van der Waals surface area contributed by atoms with Crippen LogP contribution in [0.4, 0.5) is 29.5 Å². The second-order valence-corrected chi connectivity index (χ2v) is 19.6. The van der Waals surface area contributed by atoms with Gasteiger partial charge in [-0.2, -0.15) is 39.2 Å². The third-order valence-corrected chi connectivity index (χ3v) is 13.1. The highest BCUT2D eigenvalue weighted by Crippen LogP contribution is 2.27. The molecule has 2 unspecified atom stereocenters. The summed E-state index contributed by atoms with van der Waals surface area (Å²) in [5, 5.41) is 43.1. The SMILES string of the molecule is CCC(CCO)Nc1nc(NCC2=CC(CC(=O)c3cccc(N)c3)=CCC2)n2ncc(C(C)C)c2n1.CCOCCCNc1nc(NCc2cccc(CC(=O)C3C=CC=C([N+](=O)[O-])C3)c2)n2ncc(C(C)C)c2n1. The summed E-state index contributed by atoms with van der Waals surface area (Å²) in [5.41, 5.74) is 14.8. The van der Waals surface area contributed by atoms with Crippen LogP contribution in [0.1, 0.15) is 131 Å². The Labute approximate surface area is 443 Å². The number of allylic oxidation sites excluding steroid dienone is 7. The highest BCUT2D eigenvalue weighted by molar-refractivity contribution is 5.98. The number of carbonyl (C=O) groups excluding carboxylic acids is 2. The molecule has 2 aromatic carbocycles. The fourth-order valence-electron chi connectivity index (χ4n) is 8.88. The number of aromatic nitrogens is 8. The van der Waals surface area contributed by atoms with Gasteiger partial charge in [0.15, 0.2) is 17.1 Å². The molecule has 8 rings (SSSR count). The number of carbonyl (C=O) groups is 2. The highest BCUT2D eigenvalue weighted by atomic mass is 16.6. The number of aliphatic hydroxyl groups is 1. The van der Waals surface area contributed by atoms with Crippen LogP contribution in [0.5, 0.6) is 0 Å². The molecule has 20 nitrogen and oxygen atoms in total. The molecule has 20 heteroatoms. The molecule has 402 valence electrons. The molecule has 0 aliphatic heterocycles. The maximum atomic E-state index is 12.9. The van der Waals surface area contributed by atoms with Crippen molar-refractivity contribution in [2.75, 3.05) is 59.9 Å². The van der Waals surface area contributed by atoms with Crippen LogP contribution in [-0.2, 0) is 22.5 Å². The minimum absolute atomic E-state index is 0.0425. The van der Waals surface area contributed by atoms with Gasteiger partial charge >= 0.3 is 0 Å². The van der Waals surface area contributed by atoms with Crippen molar-refractivity contribution in [1.29, 1.82) is 0 Å². The Morgan fingerprint density at radius 2 is 1.57 bits per heavy atom. The number of nitrogens with two attached hydrogens (primary N) is 1. The number of nitro groups is 1. The summed E-state index contributed by atoms with van der Waals surface area (Å²) < 4.78 is 8.87. The number of Topliss-reactive ketones (excluding diaryl/α,β-unsaturated/α-hetero) is 2. The number of anilines is 5. The Morgan fingerprint density at radius 1 is 0.882 bits per heavy atom. The van der Waals surface area contributed by atoms with Gasteiger partial charge in [-0.25, -0.2) is 0 Å². The smallest absolute Gasteiger partial charge is 0.247 e. The standard InChI is InChI=1S/C28H35N7O4.C28H37N7O2/c1-4-39-13-7-12-29-27-32-26-24(19(2)3)18-31-34(26)28(33-27)30-17-21-9-5-8-20(14-21)15-25(36)22-10-6-11-23(16-22)35(37)38;1-4-23(11-12-36)32-27-33-26-24(18(2)3)17-31-35(26)28(34-27)30-16-20-8-5-7-19(13-20)14-25(37)21-9-6-10-22(29)15-21/h5-6,8-11,14,18-19,22H,4,7,12-13,15-17H2,1-3H3,(H2,29,30,32,33);6-7,9-10,13,15,17-18,23,36H,4-5,8,11-12,14,16,29H2,1-3H3,(H2,30,32,33,34). The van der Waals surface area contributed by atoms with Crippen LogP contribution in [0.2, 0.25) is 0 Å². The highest BCUT2D eigenvalue weighted by Gasteiger charge is 2.25. The first-order chi connectivity index (χ1) is 36.7. The number of ether oxygens (including phenoxy) is 1. The van der Waals surface area contributed by atoms with Gasteiger partial charge in [-0.15, -0.1) is 0 Å². The van der Waals surface area contributed by atoms with Crippen LogP contribution >= 0.6 is 0 Å². The van der Waals surface area contributed by atoms with E-state index in [1.54, 1.807) is 45.4 Å². The normalized spacial score (nSPS) is 14.7. The lowest BCUT2D eigenvalue weighted by molar-refractivity contribution is -0.428. The fourth-order valence-corrected chi connectivity index (χ4v) is 8.88. The van der Waals surface area contributed by atoms with Crippen molar-refractivity contribution in [3.05, 3.63) is 146 Å². The summed E-state index contributed by atoms with van der Waals surface area (Å²) >= 11 is 0. The van der Waals surface area contributed by atoms with E-state index < -0.39 is 10.8 Å². The van der Waals surface area contributed by atoms with Crippen molar-refractivity contribution < 1.29 is 24.4 Å². The predicted octanol–water partition coefficient (Wildman–Crippen LogP) is 9.28. The topological polar surface area (TPSA) is 267 Å². The van der Waals surface area contributed by atoms with E-state index in [1.165, 1.54) is 11.6 Å². The Kier molecular flexibility index (Phi) is 19.9. The maximum Gasteiger partial charge on any atom is 0.247 e. The zero-order valence-corrected chi connectivity index (χ0v) is 44.5. The number of hydrogen-bond donors (Lipinski definition) is 6. The minimum Gasteiger partial charge on any atom is -0.399 e. The number of nitrogen functional groups attached to an aromatic ring is 1. The van der Waals surface area contributed by atoms with E-state index in [0.717, 1.165) is 64.8 Å². The van der Waals surface area contributed by atoms with Crippen LogP contribution in [-0.4, -0.2) is 99.7 Å². The van der Waals surface area contributed by atoms with E-state index in [2.05, 4.69) is 83.2 Å². The van der Waals surface area contributed by atoms with Crippen LogP contribution in [0, 0.1) is 16.0 Å². The summed E-state index contributed by atoms with van der Waals surface area (Å²) in [4.78, 5) is 55.1. The summed E-state index contributed by atoms with van der Waals surface area (Å²) in [6, 6.07) is 14.9.